The van der Waals surface area contributed by atoms with E-state index in [2.05, 4.69) is 15.9 Å². The van der Waals surface area contributed by atoms with Gasteiger partial charge in [0.25, 0.3) is 0 Å². The molecule has 0 aromatic carbocycles. The maximum atomic E-state index is 9.66. The minimum absolute atomic E-state index is 0.103. The molecule has 0 unspecified atom stereocenters. The first kappa shape index (κ1) is 7.88. The number of hydrogen-bond donors (Lipinski definition) is 0. The fraction of sp³-hybridized carbons (Fsp3) is 1.00. The van der Waals surface area contributed by atoms with E-state index in [1.165, 1.54) is 0 Å². The molecule has 0 aliphatic rings. The van der Waals surface area contributed by atoms with Crippen molar-refractivity contribution in [2.45, 2.75) is 12.8 Å². The Morgan fingerprint density at radius 1 is 1.50 bits per heavy atom. The molecular weight excluding hydrogens is 174 g/mol. The Balaban J connectivity index is 2.82. The third kappa shape index (κ3) is 5.88. The Kier molecular flexibility index (Phi) is 4.95. The van der Waals surface area contributed by atoms with Crippen LogP contribution in [0, 0.1) is 10.1 Å². The highest BCUT2D eigenvalue weighted by Crippen LogP contribution is 1.92. The summed E-state index contributed by atoms with van der Waals surface area (Å²) in [6, 6.07) is 0. The fourth-order valence-electron chi connectivity index (χ4n) is 0.335. The van der Waals surface area contributed by atoms with Crippen LogP contribution in [0.1, 0.15) is 12.8 Å². The van der Waals surface area contributed by atoms with Gasteiger partial charge in [0.1, 0.15) is 0 Å². The van der Waals surface area contributed by atoms with Crippen molar-refractivity contribution in [3.05, 3.63) is 10.1 Å². The van der Waals surface area contributed by atoms with Crippen molar-refractivity contribution in [2.75, 3.05) is 11.9 Å². The van der Waals surface area contributed by atoms with Crippen molar-refractivity contribution in [3.63, 3.8) is 0 Å². The van der Waals surface area contributed by atoms with Gasteiger partial charge in [-0.05, 0) is 6.42 Å². The number of hydrogen-bond acceptors (Lipinski definition) is 2. The molecule has 0 saturated heterocycles. The molecule has 0 radical (unpaired) electrons. The van der Waals surface area contributed by atoms with Gasteiger partial charge in [-0.25, -0.2) is 0 Å². The minimum atomic E-state index is -0.289. The lowest BCUT2D eigenvalue weighted by molar-refractivity contribution is -0.480. The third-order valence-corrected chi connectivity index (χ3v) is 1.29. The fourth-order valence-corrected chi connectivity index (χ4v) is 0.732. The van der Waals surface area contributed by atoms with E-state index in [0.29, 0.717) is 6.42 Å². The van der Waals surface area contributed by atoms with Crippen molar-refractivity contribution >= 4 is 15.9 Å². The molecule has 0 N–H and O–H groups in total. The summed E-state index contributed by atoms with van der Waals surface area (Å²) in [4.78, 5) is 9.38. The lowest BCUT2D eigenvalue weighted by Gasteiger charge is -1.87. The van der Waals surface area contributed by atoms with E-state index in [0.717, 1.165) is 11.8 Å². The molecule has 0 atom stereocenters. The summed E-state index contributed by atoms with van der Waals surface area (Å²) in [5, 5.41) is 10.5. The average molecular weight is 182 g/mol. The zero-order chi connectivity index (χ0) is 6.41. The Morgan fingerprint density at radius 3 is 2.50 bits per heavy atom. The monoisotopic (exact) mass is 181 g/mol. The van der Waals surface area contributed by atoms with Gasteiger partial charge in [0, 0.05) is 16.7 Å². The number of unbranched alkanes of at least 4 members (excludes halogenated alkanes) is 1. The maximum Gasteiger partial charge on any atom is 0.203 e. The third-order valence-electron chi connectivity index (χ3n) is 0.724. The SMILES string of the molecule is O=[N+]([O-])CCCCBr. The molecule has 0 aromatic heterocycles. The first-order valence-electron chi connectivity index (χ1n) is 2.45. The van der Waals surface area contributed by atoms with Gasteiger partial charge in [-0.1, -0.05) is 15.9 Å². The van der Waals surface area contributed by atoms with Gasteiger partial charge >= 0.3 is 0 Å². The number of halogens is 1. The molecule has 8 heavy (non-hydrogen) atoms. The Bertz CT molecular complexity index is 76.4. The molecule has 0 aliphatic heterocycles. The molecule has 0 aromatic rings. The second-order valence-corrected chi connectivity index (χ2v) is 2.25. The molecule has 3 nitrogen and oxygen atoms in total. The van der Waals surface area contributed by atoms with E-state index in [4.69, 9.17) is 0 Å². The van der Waals surface area contributed by atoms with Crippen molar-refractivity contribution in [2.24, 2.45) is 0 Å². The van der Waals surface area contributed by atoms with Crippen LogP contribution in [0.15, 0.2) is 0 Å². The second-order valence-electron chi connectivity index (χ2n) is 1.45. The standard InChI is InChI=1S/C4H8BrNO2/c5-3-1-2-4-6(7)8/h1-4H2. The van der Waals surface area contributed by atoms with Crippen LogP contribution in [0.3, 0.4) is 0 Å². The molecule has 0 aliphatic carbocycles. The van der Waals surface area contributed by atoms with E-state index in [-0.39, 0.29) is 11.5 Å². The summed E-state index contributed by atoms with van der Waals surface area (Å²) >= 11 is 3.18. The van der Waals surface area contributed by atoms with Gasteiger partial charge in [-0.15, -0.1) is 0 Å². The quantitative estimate of drug-likeness (QED) is 0.285. The second kappa shape index (κ2) is 5.03. The van der Waals surface area contributed by atoms with Gasteiger partial charge in [0.05, 0.1) is 0 Å². The number of nitro groups is 1. The molecule has 0 bridgehead atoms. The molecular formula is C4H8BrNO2. The Hall–Kier alpha value is -0.120. The normalized spacial score (nSPS) is 9.12. The molecule has 48 valence electrons. The highest BCUT2D eigenvalue weighted by Gasteiger charge is 1.93. The zero-order valence-electron chi connectivity index (χ0n) is 4.47. The van der Waals surface area contributed by atoms with E-state index in [1.54, 1.807) is 0 Å². The van der Waals surface area contributed by atoms with Crippen LogP contribution in [-0.2, 0) is 0 Å². The van der Waals surface area contributed by atoms with Gasteiger partial charge in [-0.3, -0.25) is 10.1 Å². The molecule has 0 heterocycles. The first-order valence-corrected chi connectivity index (χ1v) is 3.57. The predicted molar refractivity (Wildman–Crippen MR) is 34.9 cm³/mol. The van der Waals surface area contributed by atoms with E-state index in [1.807, 2.05) is 0 Å². The van der Waals surface area contributed by atoms with Gasteiger partial charge in [0.15, 0.2) is 0 Å². The maximum absolute atomic E-state index is 9.66. The molecule has 0 saturated carbocycles. The summed E-state index contributed by atoms with van der Waals surface area (Å²) in [5.41, 5.74) is 0. The summed E-state index contributed by atoms with van der Waals surface area (Å²) < 4.78 is 0. The van der Waals surface area contributed by atoms with E-state index in [9.17, 15) is 10.1 Å². The van der Waals surface area contributed by atoms with E-state index < -0.39 is 0 Å². The lowest BCUT2D eigenvalue weighted by atomic mass is 10.3. The molecule has 0 fully saturated rings. The van der Waals surface area contributed by atoms with Crippen LogP contribution >= 0.6 is 15.9 Å². The smallest absolute Gasteiger partial charge is 0.203 e. The average Bonchev–Trinajstić information content (AvgIpc) is 1.66. The van der Waals surface area contributed by atoms with Crippen LogP contribution in [0.2, 0.25) is 0 Å². The lowest BCUT2D eigenvalue weighted by Crippen LogP contribution is -1.99. The molecule has 0 spiro atoms. The summed E-state index contributed by atoms with van der Waals surface area (Å²) in [7, 11) is 0. The van der Waals surface area contributed by atoms with Crippen LogP contribution in [0.5, 0.6) is 0 Å². The van der Waals surface area contributed by atoms with Gasteiger partial charge in [-0.2, -0.15) is 0 Å². The van der Waals surface area contributed by atoms with Crippen molar-refractivity contribution in [3.8, 4) is 0 Å². The molecule has 4 heteroatoms. The van der Waals surface area contributed by atoms with E-state index >= 15 is 0 Å². The highest BCUT2D eigenvalue weighted by molar-refractivity contribution is 9.09. The molecule has 0 rings (SSSR count). The Labute approximate surface area is 56.4 Å². The largest absolute Gasteiger partial charge is 0.265 e. The van der Waals surface area contributed by atoms with Crippen LogP contribution in [0.25, 0.3) is 0 Å². The van der Waals surface area contributed by atoms with Crippen LogP contribution < -0.4 is 0 Å². The van der Waals surface area contributed by atoms with Crippen molar-refractivity contribution < 1.29 is 4.92 Å². The van der Waals surface area contributed by atoms with Crippen molar-refractivity contribution in [1.29, 1.82) is 0 Å². The highest BCUT2D eigenvalue weighted by atomic mass is 79.9. The van der Waals surface area contributed by atoms with Crippen LogP contribution in [0.4, 0.5) is 0 Å². The summed E-state index contributed by atoms with van der Waals surface area (Å²) in [6.07, 6.45) is 1.57. The first-order chi connectivity index (χ1) is 3.77. The van der Waals surface area contributed by atoms with Crippen LogP contribution in [-0.4, -0.2) is 16.8 Å². The summed E-state index contributed by atoms with van der Waals surface area (Å²) in [5.74, 6) is 0. The van der Waals surface area contributed by atoms with Gasteiger partial charge in [0.2, 0.25) is 6.54 Å². The zero-order valence-corrected chi connectivity index (χ0v) is 6.06. The van der Waals surface area contributed by atoms with Crippen molar-refractivity contribution in [1.82, 2.24) is 0 Å². The van der Waals surface area contributed by atoms with Gasteiger partial charge < -0.3 is 0 Å². The minimum Gasteiger partial charge on any atom is -0.265 e. The number of alkyl halides is 1. The number of nitrogens with zero attached hydrogens (tertiary/aromatic N) is 1. The predicted octanol–water partition coefficient (Wildman–Crippen LogP) is 1.44. The summed E-state index contributed by atoms with van der Waals surface area (Å²) in [6.45, 7) is 0.103. The topological polar surface area (TPSA) is 43.1 Å². The number of rotatable bonds is 4. The Morgan fingerprint density at radius 2 is 2.12 bits per heavy atom. The molecule has 0 amide bonds.